The van der Waals surface area contributed by atoms with Gasteiger partial charge in [-0.1, -0.05) is 12.8 Å². The molecule has 1 aliphatic carbocycles. The number of fused-ring (bicyclic) bond motifs is 1. The Kier molecular flexibility index (Phi) is 4.98. The molecule has 2 saturated heterocycles. The van der Waals surface area contributed by atoms with Crippen LogP contribution in [0.3, 0.4) is 0 Å². The number of nitrogens with zero attached hydrogens (tertiary/aromatic N) is 3. The van der Waals surface area contributed by atoms with Crippen LogP contribution in [0.5, 0.6) is 0 Å². The van der Waals surface area contributed by atoms with Gasteiger partial charge in [0.2, 0.25) is 5.95 Å². The van der Waals surface area contributed by atoms with Gasteiger partial charge in [0.25, 0.3) is 0 Å². The van der Waals surface area contributed by atoms with E-state index in [0.717, 1.165) is 62.3 Å². The van der Waals surface area contributed by atoms with Crippen LogP contribution in [0.4, 0.5) is 11.8 Å². The zero-order valence-electron chi connectivity index (χ0n) is 16.6. The molecule has 0 bridgehead atoms. The minimum Gasteiger partial charge on any atom is -0.481 e. The van der Waals surface area contributed by atoms with Crippen LogP contribution in [-0.4, -0.2) is 63.4 Å². The molecule has 1 aromatic heterocycles. The van der Waals surface area contributed by atoms with Crippen LogP contribution in [0.25, 0.3) is 0 Å². The number of rotatable bonds is 5. The average Bonchev–Trinajstić information content (AvgIpc) is 3.30. The minimum absolute atomic E-state index is 0.153. The number of anilines is 2. The summed E-state index contributed by atoms with van der Waals surface area (Å²) in [5.74, 6) is 1.45. The summed E-state index contributed by atoms with van der Waals surface area (Å²) in [7, 11) is -1.06. The zero-order valence-corrected chi connectivity index (χ0v) is 17.4. The third-order valence-corrected chi connectivity index (χ3v) is 8.56. The van der Waals surface area contributed by atoms with Gasteiger partial charge in [0.1, 0.15) is 10.7 Å². The Labute approximate surface area is 172 Å². The standard InChI is InChI=1S/C20H28N4O4S/c25-18(26)20(6-1-2-7-20)13-11-24(12-13)19-22-15-5-10-29(27)16(15)17(23-19)21-14-3-8-28-9-4-14/h13-14H,1-12H2,(H,25,26)(H,21,22,23)/t29-/m1/s1. The first-order chi connectivity index (χ1) is 14.1. The maximum atomic E-state index is 12.5. The monoisotopic (exact) mass is 420 g/mol. The van der Waals surface area contributed by atoms with Crippen LogP contribution in [0.1, 0.15) is 44.2 Å². The maximum absolute atomic E-state index is 12.5. The molecule has 2 N–H and O–H groups in total. The Morgan fingerprint density at radius 1 is 1.21 bits per heavy atom. The molecule has 5 rings (SSSR count). The molecule has 4 aliphatic rings. The van der Waals surface area contributed by atoms with Crippen molar-refractivity contribution in [2.45, 2.75) is 55.9 Å². The van der Waals surface area contributed by atoms with Crippen molar-refractivity contribution in [3.05, 3.63) is 5.69 Å². The molecule has 4 heterocycles. The van der Waals surface area contributed by atoms with Crippen molar-refractivity contribution in [1.29, 1.82) is 0 Å². The highest BCUT2D eigenvalue weighted by Crippen LogP contribution is 2.48. The fourth-order valence-electron chi connectivity index (χ4n) is 5.25. The first-order valence-corrected chi connectivity index (χ1v) is 12.0. The van der Waals surface area contributed by atoms with E-state index in [2.05, 4.69) is 10.2 Å². The normalized spacial score (nSPS) is 26.9. The zero-order chi connectivity index (χ0) is 20.0. The van der Waals surface area contributed by atoms with Gasteiger partial charge in [0.05, 0.1) is 21.9 Å². The highest BCUT2D eigenvalue weighted by atomic mass is 32.2. The van der Waals surface area contributed by atoms with Crippen LogP contribution in [0.2, 0.25) is 0 Å². The Morgan fingerprint density at radius 3 is 2.62 bits per heavy atom. The second-order valence-corrected chi connectivity index (χ2v) is 10.3. The number of carboxylic acids is 1. The maximum Gasteiger partial charge on any atom is 0.310 e. The Bertz CT molecular complexity index is 830. The van der Waals surface area contributed by atoms with Gasteiger partial charge in [-0.05, 0) is 25.7 Å². The predicted octanol–water partition coefficient (Wildman–Crippen LogP) is 1.81. The van der Waals surface area contributed by atoms with Crippen molar-refractivity contribution in [2.24, 2.45) is 11.3 Å². The van der Waals surface area contributed by atoms with E-state index in [1.807, 2.05) is 0 Å². The third-order valence-electron chi connectivity index (χ3n) is 7.11. The molecular formula is C20H28N4O4S. The van der Waals surface area contributed by atoms with Gasteiger partial charge < -0.3 is 20.1 Å². The van der Waals surface area contributed by atoms with Gasteiger partial charge in [-0.2, -0.15) is 4.98 Å². The van der Waals surface area contributed by atoms with Crippen molar-refractivity contribution in [3.63, 3.8) is 0 Å². The Morgan fingerprint density at radius 2 is 1.93 bits per heavy atom. The van der Waals surface area contributed by atoms with E-state index in [1.54, 1.807) is 0 Å². The highest BCUT2D eigenvalue weighted by Gasteiger charge is 2.52. The number of ether oxygens (including phenoxy) is 1. The highest BCUT2D eigenvalue weighted by molar-refractivity contribution is 7.85. The summed E-state index contributed by atoms with van der Waals surface area (Å²) < 4.78 is 18.0. The molecule has 8 nitrogen and oxygen atoms in total. The molecule has 0 amide bonds. The molecule has 29 heavy (non-hydrogen) atoms. The first-order valence-electron chi connectivity index (χ1n) is 10.7. The summed E-state index contributed by atoms with van der Waals surface area (Å²) in [6.45, 7) is 2.83. The molecular weight excluding hydrogens is 392 g/mol. The van der Waals surface area contributed by atoms with Gasteiger partial charge in [0, 0.05) is 50.4 Å². The molecule has 1 aromatic rings. The lowest BCUT2D eigenvalue weighted by Gasteiger charge is -2.47. The van der Waals surface area contributed by atoms with E-state index < -0.39 is 22.2 Å². The molecule has 1 atom stereocenters. The molecule has 0 aromatic carbocycles. The van der Waals surface area contributed by atoms with Crippen molar-refractivity contribution < 1.29 is 18.8 Å². The summed E-state index contributed by atoms with van der Waals surface area (Å²) in [5, 5.41) is 13.3. The number of aliphatic carboxylic acids is 1. The fraction of sp³-hybridized carbons (Fsp3) is 0.750. The number of aryl methyl sites for hydroxylation is 1. The summed E-state index contributed by atoms with van der Waals surface area (Å²) in [4.78, 5) is 24.3. The van der Waals surface area contributed by atoms with Gasteiger partial charge in [0.15, 0.2) is 0 Å². The second-order valence-electron chi connectivity index (χ2n) is 8.75. The second kappa shape index (κ2) is 7.50. The van der Waals surface area contributed by atoms with E-state index in [0.29, 0.717) is 37.0 Å². The van der Waals surface area contributed by atoms with E-state index in [9.17, 15) is 14.1 Å². The lowest BCUT2D eigenvalue weighted by Crippen LogP contribution is -2.57. The molecule has 0 radical (unpaired) electrons. The average molecular weight is 421 g/mol. The molecule has 3 aliphatic heterocycles. The fourth-order valence-corrected chi connectivity index (χ4v) is 6.57. The van der Waals surface area contributed by atoms with E-state index in [1.165, 1.54) is 0 Å². The van der Waals surface area contributed by atoms with Crippen LogP contribution in [0.15, 0.2) is 4.90 Å². The van der Waals surface area contributed by atoms with Crippen LogP contribution in [-0.2, 0) is 26.8 Å². The molecule has 1 saturated carbocycles. The van der Waals surface area contributed by atoms with Crippen molar-refractivity contribution in [3.8, 4) is 0 Å². The summed E-state index contributed by atoms with van der Waals surface area (Å²) in [6.07, 6.45) is 6.09. The SMILES string of the molecule is O=C(O)C1(C2CN(c3nc4c(c(NC5CCOCC5)n3)[S@](=O)CC4)C2)CCCC1. The van der Waals surface area contributed by atoms with Gasteiger partial charge in [-0.3, -0.25) is 9.00 Å². The molecule has 0 spiro atoms. The number of hydrogen-bond donors (Lipinski definition) is 2. The largest absolute Gasteiger partial charge is 0.481 e. The van der Waals surface area contributed by atoms with Gasteiger partial charge in [-0.25, -0.2) is 4.98 Å². The van der Waals surface area contributed by atoms with E-state index in [4.69, 9.17) is 14.7 Å². The number of hydrogen-bond acceptors (Lipinski definition) is 7. The van der Waals surface area contributed by atoms with E-state index >= 15 is 0 Å². The van der Waals surface area contributed by atoms with Crippen molar-refractivity contribution >= 4 is 28.5 Å². The summed E-state index contributed by atoms with van der Waals surface area (Å²) in [6, 6.07) is 0.270. The lowest BCUT2D eigenvalue weighted by atomic mass is 9.70. The number of carbonyl (C=O) groups is 1. The van der Waals surface area contributed by atoms with Gasteiger partial charge in [-0.15, -0.1) is 0 Å². The third kappa shape index (κ3) is 3.32. The molecule has 9 heteroatoms. The van der Waals surface area contributed by atoms with Crippen LogP contribution >= 0.6 is 0 Å². The quantitative estimate of drug-likeness (QED) is 0.743. The molecule has 3 fully saturated rings. The number of aromatic nitrogens is 2. The van der Waals surface area contributed by atoms with Gasteiger partial charge >= 0.3 is 5.97 Å². The van der Waals surface area contributed by atoms with Crippen molar-refractivity contribution in [1.82, 2.24) is 9.97 Å². The minimum atomic E-state index is -1.06. The first kappa shape index (κ1) is 19.2. The molecule has 0 unspecified atom stereocenters. The van der Waals surface area contributed by atoms with E-state index in [-0.39, 0.29) is 12.0 Å². The predicted molar refractivity (Wildman–Crippen MR) is 109 cm³/mol. The number of nitrogens with one attached hydrogen (secondary N) is 1. The van der Waals surface area contributed by atoms with Crippen molar-refractivity contribution in [2.75, 3.05) is 42.3 Å². The van der Waals surface area contributed by atoms with Crippen LogP contribution < -0.4 is 10.2 Å². The van der Waals surface area contributed by atoms with Crippen LogP contribution in [0, 0.1) is 11.3 Å². The topological polar surface area (TPSA) is 105 Å². The summed E-state index contributed by atoms with van der Waals surface area (Å²) in [5.41, 5.74) is 0.304. The number of carboxylic acid groups (broad SMARTS) is 1. The Balaban J connectivity index is 1.37. The molecule has 158 valence electrons. The lowest BCUT2D eigenvalue weighted by molar-refractivity contribution is -0.153. The summed E-state index contributed by atoms with van der Waals surface area (Å²) >= 11 is 0. The Hall–Kier alpha value is -1.74. The smallest absolute Gasteiger partial charge is 0.310 e.